The average molecular weight is 400 g/mol. The van der Waals surface area contributed by atoms with Crippen molar-refractivity contribution in [1.29, 1.82) is 0 Å². The molecule has 29 heavy (non-hydrogen) atoms. The molecule has 0 N–H and O–H groups in total. The molecule has 0 saturated heterocycles. The van der Waals surface area contributed by atoms with Crippen LogP contribution < -0.4 is 0 Å². The fraction of sp³-hybridized carbons (Fsp3) is 0.143. The third kappa shape index (κ3) is 6.17. The molecule has 3 aromatic rings. The van der Waals surface area contributed by atoms with Crippen LogP contribution in [0.15, 0.2) is 66.7 Å². The van der Waals surface area contributed by atoms with E-state index in [0.717, 1.165) is 23.3 Å². The molecule has 0 heterocycles. The molecule has 8 heteroatoms. The molecule has 0 unspecified atom stereocenters. The topological polar surface area (TPSA) is 86.3 Å². The SMILES string of the molecule is Cc1cc(F)ccc1CCc1ccccc1[N+](=O)[O-].O=[N+]([O-])c1ccccc1F. The van der Waals surface area contributed by atoms with Crippen LogP contribution in [0.4, 0.5) is 20.2 Å². The Morgan fingerprint density at radius 2 is 1.31 bits per heavy atom. The van der Waals surface area contributed by atoms with Crippen LogP contribution >= 0.6 is 0 Å². The summed E-state index contributed by atoms with van der Waals surface area (Å²) in [5, 5.41) is 20.9. The second-order valence-electron chi connectivity index (χ2n) is 6.17. The average Bonchev–Trinajstić information content (AvgIpc) is 2.68. The van der Waals surface area contributed by atoms with Crippen molar-refractivity contribution in [3.05, 3.63) is 115 Å². The van der Waals surface area contributed by atoms with Gasteiger partial charge in [0.25, 0.3) is 5.69 Å². The molecule has 0 fully saturated rings. The van der Waals surface area contributed by atoms with E-state index in [4.69, 9.17) is 0 Å². The quantitative estimate of drug-likeness (QED) is 0.414. The lowest BCUT2D eigenvalue weighted by Crippen LogP contribution is -1.99. The second-order valence-corrected chi connectivity index (χ2v) is 6.17. The highest BCUT2D eigenvalue weighted by Gasteiger charge is 2.12. The Morgan fingerprint density at radius 1 is 0.759 bits per heavy atom. The van der Waals surface area contributed by atoms with Gasteiger partial charge in [0.05, 0.1) is 9.85 Å². The van der Waals surface area contributed by atoms with Gasteiger partial charge in [-0.1, -0.05) is 36.4 Å². The Morgan fingerprint density at radius 3 is 1.86 bits per heavy atom. The van der Waals surface area contributed by atoms with Crippen molar-refractivity contribution in [3.8, 4) is 0 Å². The summed E-state index contributed by atoms with van der Waals surface area (Å²) >= 11 is 0. The number of nitro benzene ring substituents is 2. The number of rotatable bonds is 5. The van der Waals surface area contributed by atoms with Crippen molar-refractivity contribution in [1.82, 2.24) is 0 Å². The van der Waals surface area contributed by atoms with Crippen LogP contribution in [0, 0.1) is 38.8 Å². The second kappa shape index (κ2) is 10.0. The van der Waals surface area contributed by atoms with Gasteiger partial charge in [-0.05, 0) is 49.1 Å². The van der Waals surface area contributed by atoms with Crippen molar-refractivity contribution in [2.75, 3.05) is 0 Å². The highest BCUT2D eigenvalue weighted by atomic mass is 19.1. The Kier molecular flexibility index (Phi) is 7.47. The van der Waals surface area contributed by atoms with Gasteiger partial charge < -0.3 is 0 Å². The van der Waals surface area contributed by atoms with E-state index in [9.17, 15) is 29.0 Å². The van der Waals surface area contributed by atoms with Crippen molar-refractivity contribution in [2.45, 2.75) is 19.8 Å². The number of hydrogen-bond donors (Lipinski definition) is 0. The van der Waals surface area contributed by atoms with Crippen molar-refractivity contribution in [3.63, 3.8) is 0 Å². The number of halogens is 2. The largest absolute Gasteiger partial charge is 0.304 e. The summed E-state index contributed by atoms with van der Waals surface area (Å²) in [5.74, 6) is -1.06. The molecule has 0 aliphatic carbocycles. The molecule has 150 valence electrons. The summed E-state index contributed by atoms with van der Waals surface area (Å²) in [7, 11) is 0. The molecule has 0 atom stereocenters. The van der Waals surface area contributed by atoms with E-state index in [1.165, 1.54) is 30.3 Å². The molecule has 0 radical (unpaired) electrons. The van der Waals surface area contributed by atoms with E-state index >= 15 is 0 Å². The van der Waals surface area contributed by atoms with Gasteiger partial charge in [0.1, 0.15) is 5.82 Å². The predicted octanol–water partition coefficient (Wildman–Crippen LogP) is 5.56. The van der Waals surface area contributed by atoms with E-state index in [1.54, 1.807) is 24.3 Å². The number of hydrogen-bond acceptors (Lipinski definition) is 4. The standard InChI is InChI=1S/C15H14FNO2.C6H4FNO2/c1-11-10-14(16)9-8-12(11)6-7-13-4-2-3-5-15(13)17(18)19;7-5-3-1-2-4-6(5)8(9)10/h2-5,8-10H,6-7H2,1H3;1-4H. The molecule has 0 spiro atoms. The molecule has 0 aliphatic rings. The van der Waals surface area contributed by atoms with Crippen LogP contribution in [0.25, 0.3) is 0 Å². The smallest absolute Gasteiger partial charge is 0.258 e. The molecule has 3 aromatic carbocycles. The molecule has 0 saturated carbocycles. The third-order valence-electron chi connectivity index (χ3n) is 4.21. The number of nitrogens with zero attached hydrogens (tertiary/aromatic N) is 2. The maximum Gasteiger partial charge on any atom is 0.304 e. The number of aryl methyl sites for hydroxylation is 3. The monoisotopic (exact) mass is 400 g/mol. The van der Waals surface area contributed by atoms with E-state index in [2.05, 4.69) is 0 Å². The number of para-hydroxylation sites is 2. The predicted molar refractivity (Wildman–Crippen MR) is 105 cm³/mol. The van der Waals surface area contributed by atoms with Crippen molar-refractivity contribution in [2.24, 2.45) is 0 Å². The fourth-order valence-electron chi connectivity index (χ4n) is 2.71. The lowest BCUT2D eigenvalue weighted by atomic mass is 9.99. The van der Waals surface area contributed by atoms with Crippen LogP contribution in [-0.4, -0.2) is 9.85 Å². The first-order valence-corrected chi connectivity index (χ1v) is 8.66. The minimum Gasteiger partial charge on any atom is -0.258 e. The Balaban J connectivity index is 0.000000253. The minimum atomic E-state index is -0.799. The molecule has 3 rings (SSSR count). The van der Waals surface area contributed by atoms with Crippen LogP contribution in [-0.2, 0) is 12.8 Å². The minimum absolute atomic E-state index is 0.141. The summed E-state index contributed by atoms with van der Waals surface area (Å²) in [6.45, 7) is 1.85. The van der Waals surface area contributed by atoms with Gasteiger partial charge in [-0.2, -0.15) is 4.39 Å². The van der Waals surface area contributed by atoms with Gasteiger partial charge in [0.2, 0.25) is 5.82 Å². The maximum atomic E-state index is 13.0. The summed E-state index contributed by atoms with van der Waals surface area (Å²) in [6.07, 6.45) is 1.24. The molecule has 0 aliphatic heterocycles. The molecule has 0 bridgehead atoms. The first-order valence-electron chi connectivity index (χ1n) is 8.66. The first kappa shape index (κ1) is 21.6. The van der Waals surface area contributed by atoms with E-state index < -0.39 is 16.4 Å². The molecule has 0 amide bonds. The maximum absolute atomic E-state index is 13.0. The summed E-state index contributed by atoms with van der Waals surface area (Å²) in [5.41, 5.74) is 2.25. The molecule has 0 aromatic heterocycles. The summed E-state index contributed by atoms with van der Waals surface area (Å²) < 4.78 is 25.4. The van der Waals surface area contributed by atoms with Crippen LogP contribution in [0.5, 0.6) is 0 Å². The van der Waals surface area contributed by atoms with E-state index in [0.29, 0.717) is 18.4 Å². The van der Waals surface area contributed by atoms with Gasteiger partial charge in [-0.3, -0.25) is 20.2 Å². The number of nitro groups is 2. The van der Waals surface area contributed by atoms with Crippen LogP contribution in [0.2, 0.25) is 0 Å². The van der Waals surface area contributed by atoms with E-state index in [1.807, 2.05) is 6.92 Å². The zero-order chi connectivity index (χ0) is 21.4. The first-order chi connectivity index (χ1) is 13.8. The van der Waals surface area contributed by atoms with Gasteiger partial charge in [0.15, 0.2) is 0 Å². The van der Waals surface area contributed by atoms with Gasteiger partial charge in [-0.25, -0.2) is 4.39 Å². The van der Waals surface area contributed by atoms with Gasteiger partial charge in [0, 0.05) is 17.7 Å². The lowest BCUT2D eigenvalue weighted by Gasteiger charge is -2.06. The highest BCUT2D eigenvalue weighted by Crippen LogP contribution is 2.21. The molecular weight excluding hydrogens is 382 g/mol. The third-order valence-corrected chi connectivity index (χ3v) is 4.21. The Bertz CT molecular complexity index is 1030. The Labute approximate surface area is 165 Å². The fourth-order valence-corrected chi connectivity index (χ4v) is 2.71. The Hall–Kier alpha value is -3.68. The summed E-state index contributed by atoms with van der Waals surface area (Å²) in [4.78, 5) is 19.8. The lowest BCUT2D eigenvalue weighted by molar-refractivity contribution is -0.387. The van der Waals surface area contributed by atoms with Crippen LogP contribution in [0.1, 0.15) is 16.7 Å². The highest BCUT2D eigenvalue weighted by molar-refractivity contribution is 5.40. The normalized spacial score (nSPS) is 10.0. The molecule has 6 nitrogen and oxygen atoms in total. The van der Waals surface area contributed by atoms with Crippen LogP contribution in [0.3, 0.4) is 0 Å². The van der Waals surface area contributed by atoms with Gasteiger partial charge >= 0.3 is 5.69 Å². The van der Waals surface area contributed by atoms with Crippen molar-refractivity contribution >= 4 is 11.4 Å². The summed E-state index contributed by atoms with van der Waals surface area (Å²) in [6, 6.07) is 16.3. The van der Waals surface area contributed by atoms with E-state index in [-0.39, 0.29) is 16.4 Å². The zero-order valence-corrected chi connectivity index (χ0v) is 15.5. The van der Waals surface area contributed by atoms with Crippen molar-refractivity contribution < 1.29 is 18.6 Å². The molecular formula is C21H18F2N2O4. The zero-order valence-electron chi connectivity index (χ0n) is 15.5. The van der Waals surface area contributed by atoms with Gasteiger partial charge in [-0.15, -0.1) is 0 Å². The number of benzene rings is 3.